The lowest BCUT2D eigenvalue weighted by atomic mass is 10.1. The second-order valence-electron chi connectivity index (χ2n) is 3.34. The van der Waals surface area contributed by atoms with E-state index in [-0.39, 0.29) is 0 Å². The molecule has 0 N–H and O–H groups in total. The standard InChI is InChI=1S/C11H14N/c1-12-9-5-8-11(12)10-6-3-2-4-7-10/h2-4,6-7H,5,8-9H2,1H3/q+1. The normalized spacial score (nSPS) is 17.1. The summed E-state index contributed by atoms with van der Waals surface area (Å²) < 4.78 is 2.36. The van der Waals surface area contributed by atoms with E-state index >= 15 is 0 Å². The van der Waals surface area contributed by atoms with Crippen LogP contribution >= 0.6 is 0 Å². The molecule has 0 saturated heterocycles. The first kappa shape index (κ1) is 7.53. The topological polar surface area (TPSA) is 3.01 Å². The summed E-state index contributed by atoms with van der Waals surface area (Å²) >= 11 is 0. The first-order valence-electron chi connectivity index (χ1n) is 4.50. The Hall–Kier alpha value is -1.11. The molecule has 1 aliphatic heterocycles. The smallest absolute Gasteiger partial charge is 0.183 e. The highest BCUT2D eigenvalue weighted by Crippen LogP contribution is 2.11. The quantitative estimate of drug-likeness (QED) is 0.552. The molecule has 2 rings (SSSR count). The van der Waals surface area contributed by atoms with Crippen molar-refractivity contribution in [1.29, 1.82) is 0 Å². The predicted molar refractivity (Wildman–Crippen MR) is 50.8 cm³/mol. The number of benzene rings is 1. The van der Waals surface area contributed by atoms with Gasteiger partial charge in [-0.3, -0.25) is 0 Å². The molecule has 0 spiro atoms. The van der Waals surface area contributed by atoms with Crippen LogP contribution in [-0.2, 0) is 0 Å². The first-order valence-corrected chi connectivity index (χ1v) is 4.50. The highest BCUT2D eigenvalue weighted by molar-refractivity contribution is 5.97. The lowest BCUT2D eigenvalue weighted by Crippen LogP contribution is -2.10. The SMILES string of the molecule is C[N+]1=C(c2ccccc2)CCC1. The summed E-state index contributed by atoms with van der Waals surface area (Å²) in [7, 11) is 2.18. The highest BCUT2D eigenvalue weighted by Gasteiger charge is 2.19. The summed E-state index contributed by atoms with van der Waals surface area (Å²) in [6, 6.07) is 10.7. The molecule has 1 nitrogen and oxygen atoms in total. The largest absolute Gasteiger partial charge is 0.236 e. The van der Waals surface area contributed by atoms with Crippen molar-refractivity contribution in [3.8, 4) is 0 Å². The Morgan fingerprint density at radius 3 is 2.50 bits per heavy atom. The van der Waals surface area contributed by atoms with Crippen molar-refractivity contribution in [2.24, 2.45) is 0 Å². The second-order valence-corrected chi connectivity index (χ2v) is 3.34. The van der Waals surface area contributed by atoms with Gasteiger partial charge in [0.2, 0.25) is 0 Å². The molecular weight excluding hydrogens is 146 g/mol. The van der Waals surface area contributed by atoms with Crippen LogP contribution in [0, 0.1) is 0 Å². The van der Waals surface area contributed by atoms with Gasteiger partial charge in [-0.05, 0) is 12.1 Å². The summed E-state index contributed by atoms with van der Waals surface area (Å²) in [5.41, 5.74) is 2.88. The van der Waals surface area contributed by atoms with Crippen molar-refractivity contribution in [3.05, 3.63) is 35.9 Å². The van der Waals surface area contributed by atoms with Crippen LogP contribution in [-0.4, -0.2) is 23.9 Å². The third-order valence-electron chi connectivity index (χ3n) is 2.47. The van der Waals surface area contributed by atoms with Crippen LogP contribution in [0.15, 0.2) is 30.3 Å². The zero-order chi connectivity index (χ0) is 8.39. The predicted octanol–water partition coefficient (Wildman–Crippen LogP) is 1.91. The summed E-state index contributed by atoms with van der Waals surface area (Å²) in [6.07, 6.45) is 2.54. The molecule has 0 unspecified atom stereocenters. The Balaban J connectivity index is 2.37. The molecule has 0 radical (unpaired) electrons. The molecule has 0 aliphatic carbocycles. The molecular formula is C11H14N+. The number of hydrogen-bond acceptors (Lipinski definition) is 0. The van der Waals surface area contributed by atoms with Gasteiger partial charge in [0.05, 0.1) is 0 Å². The van der Waals surface area contributed by atoms with Crippen LogP contribution < -0.4 is 0 Å². The van der Waals surface area contributed by atoms with Gasteiger partial charge in [-0.25, -0.2) is 4.58 Å². The Bertz CT molecular complexity index is 298. The fourth-order valence-corrected chi connectivity index (χ4v) is 1.80. The van der Waals surface area contributed by atoms with Crippen LogP contribution in [0.3, 0.4) is 0 Å². The van der Waals surface area contributed by atoms with E-state index in [9.17, 15) is 0 Å². The molecule has 1 aliphatic rings. The minimum Gasteiger partial charge on any atom is -0.236 e. The zero-order valence-corrected chi connectivity index (χ0v) is 7.46. The van der Waals surface area contributed by atoms with Crippen molar-refractivity contribution in [2.45, 2.75) is 12.8 Å². The fraction of sp³-hybridized carbons (Fsp3) is 0.364. The van der Waals surface area contributed by atoms with E-state index in [0.717, 1.165) is 0 Å². The minimum absolute atomic E-state index is 1.21. The van der Waals surface area contributed by atoms with Gasteiger partial charge in [0, 0.05) is 18.4 Å². The molecule has 0 bridgehead atoms. The fourth-order valence-electron chi connectivity index (χ4n) is 1.80. The molecule has 1 heteroatoms. The summed E-state index contributed by atoms with van der Waals surface area (Å²) in [4.78, 5) is 0. The lowest BCUT2D eigenvalue weighted by Gasteiger charge is -1.96. The van der Waals surface area contributed by atoms with Crippen LogP contribution in [0.2, 0.25) is 0 Å². The maximum Gasteiger partial charge on any atom is 0.183 e. The molecule has 0 fully saturated rings. The molecule has 0 aromatic heterocycles. The Morgan fingerprint density at radius 2 is 1.92 bits per heavy atom. The monoisotopic (exact) mass is 160 g/mol. The van der Waals surface area contributed by atoms with E-state index in [2.05, 4.69) is 42.0 Å². The van der Waals surface area contributed by atoms with Crippen molar-refractivity contribution in [3.63, 3.8) is 0 Å². The maximum absolute atomic E-state index is 2.36. The van der Waals surface area contributed by atoms with Crippen molar-refractivity contribution in [2.75, 3.05) is 13.6 Å². The maximum atomic E-state index is 2.36. The average molecular weight is 160 g/mol. The van der Waals surface area contributed by atoms with Gasteiger partial charge in [-0.15, -0.1) is 0 Å². The van der Waals surface area contributed by atoms with E-state index in [1.165, 1.54) is 30.7 Å². The molecule has 1 aromatic rings. The molecule has 1 aromatic carbocycles. The zero-order valence-electron chi connectivity index (χ0n) is 7.46. The molecule has 0 atom stereocenters. The van der Waals surface area contributed by atoms with E-state index in [1.807, 2.05) is 0 Å². The molecule has 1 heterocycles. The Morgan fingerprint density at radius 1 is 1.17 bits per heavy atom. The molecule has 0 amide bonds. The minimum atomic E-state index is 1.21. The summed E-state index contributed by atoms with van der Waals surface area (Å²) in [5.74, 6) is 0. The van der Waals surface area contributed by atoms with Gasteiger partial charge >= 0.3 is 0 Å². The van der Waals surface area contributed by atoms with E-state index in [4.69, 9.17) is 0 Å². The number of nitrogens with zero attached hydrogens (tertiary/aromatic N) is 1. The van der Waals surface area contributed by atoms with Crippen LogP contribution in [0.25, 0.3) is 0 Å². The third kappa shape index (κ3) is 1.27. The molecule has 0 saturated carbocycles. The van der Waals surface area contributed by atoms with Gasteiger partial charge in [0.15, 0.2) is 5.71 Å². The van der Waals surface area contributed by atoms with Crippen molar-refractivity contribution < 1.29 is 4.58 Å². The summed E-state index contributed by atoms with van der Waals surface area (Å²) in [5, 5.41) is 0. The molecule has 12 heavy (non-hydrogen) atoms. The van der Waals surface area contributed by atoms with Crippen molar-refractivity contribution >= 4 is 5.71 Å². The first-order chi connectivity index (χ1) is 5.88. The molecule has 62 valence electrons. The van der Waals surface area contributed by atoms with Gasteiger partial charge < -0.3 is 0 Å². The van der Waals surface area contributed by atoms with Gasteiger partial charge in [-0.2, -0.15) is 0 Å². The Labute approximate surface area is 73.4 Å². The van der Waals surface area contributed by atoms with Gasteiger partial charge in [0.1, 0.15) is 13.6 Å². The van der Waals surface area contributed by atoms with E-state index < -0.39 is 0 Å². The average Bonchev–Trinajstić information content (AvgIpc) is 2.53. The van der Waals surface area contributed by atoms with Crippen LogP contribution in [0.5, 0.6) is 0 Å². The van der Waals surface area contributed by atoms with Crippen LogP contribution in [0.1, 0.15) is 18.4 Å². The van der Waals surface area contributed by atoms with Gasteiger partial charge in [-0.1, -0.05) is 18.2 Å². The Kier molecular flexibility index (Phi) is 1.94. The third-order valence-corrected chi connectivity index (χ3v) is 2.47. The highest BCUT2D eigenvalue weighted by atomic mass is 15.0. The number of hydrogen-bond donors (Lipinski definition) is 0. The number of rotatable bonds is 1. The van der Waals surface area contributed by atoms with Crippen LogP contribution in [0.4, 0.5) is 0 Å². The lowest BCUT2D eigenvalue weighted by molar-refractivity contribution is -0.488. The van der Waals surface area contributed by atoms with Crippen molar-refractivity contribution in [1.82, 2.24) is 0 Å². The van der Waals surface area contributed by atoms with E-state index in [0.29, 0.717) is 0 Å². The summed E-state index contributed by atoms with van der Waals surface area (Å²) in [6.45, 7) is 1.21. The van der Waals surface area contributed by atoms with Gasteiger partial charge in [0.25, 0.3) is 0 Å². The van der Waals surface area contributed by atoms with E-state index in [1.54, 1.807) is 0 Å². The second kappa shape index (κ2) is 3.10.